The van der Waals surface area contributed by atoms with E-state index in [1.807, 2.05) is 0 Å². The largest absolute Gasteiger partial charge is 0.444 e. The molecule has 0 bridgehead atoms. The first kappa shape index (κ1) is 14.2. The molecule has 100 valence electrons. The Kier molecular flexibility index (Phi) is 5.10. The Labute approximate surface area is 124 Å². The van der Waals surface area contributed by atoms with Crippen LogP contribution in [0.2, 0.25) is 0 Å². The number of hydrogen-bond donors (Lipinski definition) is 1. The van der Waals surface area contributed by atoms with E-state index < -0.39 is 0 Å². The lowest BCUT2D eigenvalue weighted by molar-refractivity contribution is 0.0927. The summed E-state index contributed by atoms with van der Waals surface area (Å²) in [5.74, 6) is 0.971. The normalized spacial score (nSPS) is 10.4. The molecule has 0 fully saturated rings. The zero-order valence-corrected chi connectivity index (χ0v) is 12.9. The van der Waals surface area contributed by atoms with E-state index in [9.17, 15) is 4.79 Å². The lowest BCUT2D eigenvalue weighted by atomic mass is 10.2. The van der Waals surface area contributed by atoms with Gasteiger partial charge in [-0.1, -0.05) is 17.7 Å². The van der Waals surface area contributed by atoms with Crippen LogP contribution in [0.5, 0.6) is 0 Å². The molecule has 3 nitrogen and oxygen atoms in total. The van der Waals surface area contributed by atoms with Gasteiger partial charge in [0, 0.05) is 17.2 Å². The van der Waals surface area contributed by atoms with E-state index >= 15 is 0 Å². The summed E-state index contributed by atoms with van der Waals surface area (Å²) in [6.45, 7) is 2.67. The molecule has 0 aliphatic heterocycles. The monoisotopic (exact) mass is 339 g/mol. The Morgan fingerprint density at radius 3 is 2.63 bits per heavy atom. The van der Waals surface area contributed by atoms with Crippen LogP contribution in [0.4, 0.5) is 0 Å². The molecule has 19 heavy (non-hydrogen) atoms. The number of rotatable bonds is 5. The third-order valence-corrected chi connectivity index (χ3v) is 3.91. The van der Waals surface area contributed by atoms with Gasteiger partial charge in [0.1, 0.15) is 0 Å². The molecule has 0 aliphatic carbocycles. The molecule has 0 radical (unpaired) electrons. The molecule has 5 heteroatoms. The first-order valence-corrected chi connectivity index (χ1v) is 7.66. The highest BCUT2D eigenvalue weighted by molar-refractivity contribution is 9.10. The first-order chi connectivity index (χ1) is 9.15. The molecular weight excluding hydrogens is 326 g/mol. The maximum atomic E-state index is 11.7. The molecule has 2 rings (SSSR count). The van der Waals surface area contributed by atoms with Crippen molar-refractivity contribution in [1.82, 2.24) is 5.32 Å². The van der Waals surface area contributed by atoms with Gasteiger partial charge in [0.05, 0.1) is 0 Å². The van der Waals surface area contributed by atoms with E-state index in [0.29, 0.717) is 17.0 Å². The minimum absolute atomic E-state index is 0.185. The molecule has 1 aromatic heterocycles. The van der Waals surface area contributed by atoms with Gasteiger partial charge in [-0.2, -0.15) is 0 Å². The number of halogens is 1. The molecule has 1 aromatic carbocycles. The van der Waals surface area contributed by atoms with Gasteiger partial charge in [-0.3, -0.25) is 4.79 Å². The standard InChI is InChI=1S/C14H14BrNO2S/c1-10-2-4-11(5-3-10)19-9-8-16-14(17)12-6-7-13(15)18-12/h2-7H,8-9H2,1H3,(H,16,17). The smallest absolute Gasteiger partial charge is 0.287 e. The minimum Gasteiger partial charge on any atom is -0.444 e. The number of hydrogen-bond acceptors (Lipinski definition) is 3. The van der Waals surface area contributed by atoms with Gasteiger partial charge in [-0.25, -0.2) is 0 Å². The molecule has 0 aliphatic rings. The number of benzene rings is 1. The summed E-state index contributed by atoms with van der Waals surface area (Å²) >= 11 is 4.88. The third-order valence-electron chi connectivity index (χ3n) is 2.47. The van der Waals surface area contributed by atoms with Gasteiger partial charge in [-0.05, 0) is 47.1 Å². The quantitative estimate of drug-likeness (QED) is 0.664. The second-order valence-electron chi connectivity index (χ2n) is 4.02. The van der Waals surface area contributed by atoms with Crippen molar-refractivity contribution in [3.8, 4) is 0 Å². The second kappa shape index (κ2) is 6.82. The topological polar surface area (TPSA) is 42.2 Å². The Bertz CT molecular complexity index is 551. The van der Waals surface area contributed by atoms with Crippen molar-refractivity contribution in [3.05, 3.63) is 52.4 Å². The number of amides is 1. The summed E-state index contributed by atoms with van der Waals surface area (Å²) in [5.41, 5.74) is 1.25. The van der Waals surface area contributed by atoms with Crippen LogP contribution in [0.3, 0.4) is 0 Å². The second-order valence-corrected chi connectivity index (χ2v) is 5.97. The third kappa shape index (κ3) is 4.44. The Hall–Kier alpha value is -1.20. The van der Waals surface area contributed by atoms with Crippen LogP contribution in [0.15, 0.2) is 50.4 Å². The zero-order valence-electron chi connectivity index (χ0n) is 10.5. The maximum Gasteiger partial charge on any atom is 0.287 e. The molecule has 1 N–H and O–H groups in total. The van der Waals surface area contributed by atoms with Crippen molar-refractivity contribution >= 4 is 33.6 Å². The number of carbonyl (C=O) groups excluding carboxylic acids is 1. The summed E-state index contributed by atoms with van der Waals surface area (Å²) in [6.07, 6.45) is 0. The molecule has 0 atom stereocenters. The van der Waals surface area contributed by atoms with E-state index in [1.54, 1.807) is 23.9 Å². The summed E-state index contributed by atoms with van der Waals surface area (Å²) in [6, 6.07) is 11.7. The summed E-state index contributed by atoms with van der Waals surface area (Å²) in [4.78, 5) is 12.9. The average molecular weight is 340 g/mol. The average Bonchev–Trinajstić information content (AvgIpc) is 2.83. The fraction of sp³-hybridized carbons (Fsp3) is 0.214. The molecule has 2 aromatic rings. The van der Waals surface area contributed by atoms with Crippen molar-refractivity contribution in [3.63, 3.8) is 0 Å². The number of thioether (sulfide) groups is 1. The van der Waals surface area contributed by atoms with Gasteiger partial charge < -0.3 is 9.73 Å². The van der Waals surface area contributed by atoms with Crippen LogP contribution < -0.4 is 5.32 Å². The SMILES string of the molecule is Cc1ccc(SCCNC(=O)c2ccc(Br)o2)cc1. The summed E-state index contributed by atoms with van der Waals surface area (Å²) < 4.78 is 5.73. The minimum atomic E-state index is -0.185. The van der Waals surface area contributed by atoms with E-state index in [4.69, 9.17) is 4.42 Å². The van der Waals surface area contributed by atoms with Crippen LogP contribution >= 0.6 is 27.7 Å². The van der Waals surface area contributed by atoms with Crippen molar-refractivity contribution < 1.29 is 9.21 Å². The molecule has 1 heterocycles. The van der Waals surface area contributed by atoms with E-state index in [2.05, 4.69) is 52.4 Å². The molecule has 0 spiro atoms. The van der Waals surface area contributed by atoms with E-state index in [0.717, 1.165) is 5.75 Å². The lowest BCUT2D eigenvalue weighted by Crippen LogP contribution is -2.25. The number of carbonyl (C=O) groups is 1. The predicted octanol–water partition coefficient (Wildman–Crippen LogP) is 3.87. The van der Waals surface area contributed by atoms with Gasteiger partial charge in [0.25, 0.3) is 5.91 Å². The van der Waals surface area contributed by atoms with Crippen molar-refractivity contribution in [1.29, 1.82) is 0 Å². The fourth-order valence-corrected chi connectivity index (χ4v) is 2.57. The van der Waals surface area contributed by atoms with Crippen molar-refractivity contribution in [2.45, 2.75) is 11.8 Å². The molecule has 1 amide bonds. The molecule has 0 unspecified atom stereocenters. The molecular formula is C14H14BrNO2S. The van der Waals surface area contributed by atoms with Crippen molar-refractivity contribution in [2.24, 2.45) is 0 Å². The predicted molar refractivity (Wildman–Crippen MR) is 80.6 cm³/mol. The van der Waals surface area contributed by atoms with Gasteiger partial charge in [-0.15, -0.1) is 11.8 Å². The van der Waals surface area contributed by atoms with E-state index in [-0.39, 0.29) is 5.91 Å². The molecule has 0 saturated carbocycles. The van der Waals surface area contributed by atoms with Crippen LogP contribution in [0.25, 0.3) is 0 Å². The fourth-order valence-electron chi connectivity index (χ4n) is 1.49. The summed E-state index contributed by atoms with van der Waals surface area (Å²) in [5, 5.41) is 2.82. The van der Waals surface area contributed by atoms with Gasteiger partial charge in [0.15, 0.2) is 10.4 Å². The lowest BCUT2D eigenvalue weighted by Gasteiger charge is -2.04. The summed E-state index contributed by atoms with van der Waals surface area (Å²) in [7, 11) is 0. The van der Waals surface area contributed by atoms with Crippen LogP contribution in [0.1, 0.15) is 16.1 Å². The Balaban J connectivity index is 1.72. The number of aryl methyl sites for hydroxylation is 1. The Morgan fingerprint density at radius 2 is 2.00 bits per heavy atom. The van der Waals surface area contributed by atoms with Gasteiger partial charge in [0.2, 0.25) is 0 Å². The highest BCUT2D eigenvalue weighted by Gasteiger charge is 2.09. The van der Waals surface area contributed by atoms with Crippen LogP contribution in [-0.4, -0.2) is 18.2 Å². The molecule has 0 saturated heterocycles. The zero-order chi connectivity index (χ0) is 13.7. The van der Waals surface area contributed by atoms with Crippen LogP contribution in [-0.2, 0) is 0 Å². The van der Waals surface area contributed by atoms with E-state index in [1.165, 1.54) is 10.5 Å². The maximum absolute atomic E-state index is 11.7. The highest BCUT2D eigenvalue weighted by atomic mass is 79.9. The number of furan rings is 1. The highest BCUT2D eigenvalue weighted by Crippen LogP contribution is 2.17. The van der Waals surface area contributed by atoms with Crippen LogP contribution in [0, 0.1) is 6.92 Å². The number of nitrogens with one attached hydrogen (secondary N) is 1. The first-order valence-electron chi connectivity index (χ1n) is 5.88. The van der Waals surface area contributed by atoms with Crippen molar-refractivity contribution in [2.75, 3.05) is 12.3 Å². The van der Waals surface area contributed by atoms with Gasteiger partial charge >= 0.3 is 0 Å². The Morgan fingerprint density at radius 1 is 1.26 bits per heavy atom.